The molecule has 1 aromatic carbocycles. The third-order valence-electron chi connectivity index (χ3n) is 4.27. The maximum absolute atomic E-state index is 12.5. The highest BCUT2D eigenvalue weighted by atomic mass is 35.5. The predicted octanol–water partition coefficient (Wildman–Crippen LogP) is 3.35. The van der Waals surface area contributed by atoms with E-state index < -0.39 is 18.5 Å². The van der Waals surface area contributed by atoms with Gasteiger partial charge >= 0.3 is 5.97 Å². The summed E-state index contributed by atoms with van der Waals surface area (Å²) >= 11 is 6.11. The fourth-order valence-electron chi connectivity index (χ4n) is 2.84. The zero-order chi connectivity index (χ0) is 22.5. The SMILES string of the molecule is COc1ccc(NC(=O)COC(=O)c2nc(-n3nc(C)cc3C)ccc2Cl)c(OC)c1. The molecule has 0 aliphatic heterocycles. The average molecular weight is 445 g/mol. The number of carbonyl (C=O) groups is 2. The molecule has 0 aliphatic carbocycles. The molecule has 2 aromatic heterocycles. The van der Waals surface area contributed by atoms with Crippen molar-refractivity contribution in [3.63, 3.8) is 0 Å². The molecular formula is C21H21ClN4O5. The Hall–Kier alpha value is -3.59. The van der Waals surface area contributed by atoms with Gasteiger partial charge in [0.05, 0.1) is 30.6 Å². The second-order valence-corrected chi connectivity index (χ2v) is 6.94. The number of aryl methyl sites for hydroxylation is 2. The Balaban J connectivity index is 1.69. The van der Waals surface area contributed by atoms with Gasteiger partial charge in [0.25, 0.3) is 5.91 Å². The van der Waals surface area contributed by atoms with Gasteiger partial charge in [0.1, 0.15) is 11.5 Å². The summed E-state index contributed by atoms with van der Waals surface area (Å²) in [6.45, 7) is 3.19. The number of hydrogen-bond acceptors (Lipinski definition) is 7. The summed E-state index contributed by atoms with van der Waals surface area (Å²) < 4.78 is 17.0. The standard InChI is InChI=1S/C21H21ClN4O5/c1-12-9-13(2)26(25-12)18-8-6-15(22)20(24-18)21(28)31-11-19(27)23-16-7-5-14(29-3)10-17(16)30-4/h5-10H,11H2,1-4H3,(H,23,27). The van der Waals surface area contributed by atoms with Gasteiger partial charge < -0.3 is 19.5 Å². The molecule has 0 aliphatic rings. The lowest BCUT2D eigenvalue weighted by atomic mass is 10.2. The van der Waals surface area contributed by atoms with Crippen LogP contribution in [0, 0.1) is 13.8 Å². The van der Waals surface area contributed by atoms with Crippen molar-refractivity contribution < 1.29 is 23.8 Å². The molecule has 1 N–H and O–H groups in total. The summed E-state index contributed by atoms with van der Waals surface area (Å²) in [5.41, 5.74) is 1.96. The number of rotatable bonds is 7. The topological polar surface area (TPSA) is 105 Å². The van der Waals surface area contributed by atoms with Gasteiger partial charge in [-0.25, -0.2) is 14.5 Å². The number of halogens is 1. The Morgan fingerprint density at radius 2 is 1.87 bits per heavy atom. The summed E-state index contributed by atoms with van der Waals surface area (Å²) in [6, 6.07) is 9.95. The van der Waals surface area contributed by atoms with Gasteiger partial charge in [0.2, 0.25) is 0 Å². The molecule has 0 bridgehead atoms. The van der Waals surface area contributed by atoms with Crippen molar-refractivity contribution in [1.29, 1.82) is 0 Å². The molecule has 31 heavy (non-hydrogen) atoms. The van der Waals surface area contributed by atoms with E-state index in [-0.39, 0.29) is 10.7 Å². The van der Waals surface area contributed by atoms with E-state index in [0.717, 1.165) is 11.4 Å². The Morgan fingerprint density at radius 3 is 2.52 bits per heavy atom. The van der Waals surface area contributed by atoms with Crippen LogP contribution in [0.4, 0.5) is 5.69 Å². The number of anilines is 1. The predicted molar refractivity (Wildman–Crippen MR) is 114 cm³/mol. The fourth-order valence-corrected chi connectivity index (χ4v) is 3.02. The van der Waals surface area contributed by atoms with Crippen molar-refractivity contribution in [2.24, 2.45) is 0 Å². The van der Waals surface area contributed by atoms with Crippen LogP contribution >= 0.6 is 11.6 Å². The van der Waals surface area contributed by atoms with E-state index in [4.69, 9.17) is 25.8 Å². The molecular weight excluding hydrogens is 424 g/mol. The third-order valence-corrected chi connectivity index (χ3v) is 4.57. The number of nitrogens with one attached hydrogen (secondary N) is 1. The van der Waals surface area contributed by atoms with Crippen LogP contribution in [-0.4, -0.2) is 47.5 Å². The number of aromatic nitrogens is 3. The monoisotopic (exact) mass is 444 g/mol. The zero-order valence-electron chi connectivity index (χ0n) is 17.4. The van der Waals surface area contributed by atoms with E-state index in [0.29, 0.717) is 23.0 Å². The number of carbonyl (C=O) groups excluding carboxylic acids is 2. The lowest BCUT2D eigenvalue weighted by Crippen LogP contribution is -2.22. The highest BCUT2D eigenvalue weighted by Crippen LogP contribution is 2.29. The second-order valence-electron chi connectivity index (χ2n) is 6.53. The van der Waals surface area contributed by atoms with Crippen molar-refractivity contribution in [1.82, 2.24) is 14.8 Å². The first-order valence-electron chi connectivity index (χ1n) is 9.21. The van der Waals surface area contributed by atoms with Crippen LogP contribution in [-0.2, 0) is 9.53 Å². The summed E-state index contributed by atoms with van der Waals surface area (Å²) in [7, 11) is 2.99. The molecule has 0 saturated heterocycles. The van der Waals surface area contributed by atoms with Crippen LogP contribution in [0.15, 0.2) is 36.4 Å². The van der Waals surface area contributed by atoms with Crippen molar-refractivity contribution in [3.05, 3.63) is 58.5 Å². The molecule has 0 saturated carbocycles. The lowest BCUT2D eigenvalue weighted by molar-refractivity contribution is -0.119. The quantitative estimate of drug-likeness (QED) is 0.557. The molecule has 9 nitrogen and oxygen atoms in total. The molecule has 0 radical (unpaired) electrons. The molecule has 1 amide bonds. The molecule has 3 rings (SSSR count). The summed E-state index contributed by atoms with van der Waals surface area (Å²) in [4.78, 5) is 29.0. The normalized spacial score (nSPS) is 10.5. The Bertz CT molecular complexity index is 1130. The Kier molecular flexibility index (Phi) is 6.76. The van der Waals surface area contributed by atoms with Gasteiger partial charge in [-0.1, -0.05) is 11.6 Å². The molecule has 3 aromatic rings. The minimum Gasteiger partial charge on any atom is -0.497 e. The van der Waals surface area contributed by atoms with Gasteiger partial charge in [-0.3, -0.25) is 4.79 Å². The summed E-state index contributed by atoms with van der Waals surface area (Å²) in [5, 5.41) is 7.06. The highest BCUT2D eigenvalue weighted by molar-refractivity contribution is 6.33. The van der Waals surface area contributed by atoms with Gasteiger partial charge in [0, 0.05) is 11.8 Å². The van der Waals surface area contributed by atoms with Crippen molar-refractivity contribution in [2.45, 2.75) is 13.8 Å². The van der Waals surface area contributed by atoms with Crippen molar-refractivity contribution in [2.75, 3.05) is 26.1 Å². The molecule has 0 fully saturated rings. The first-order valence-corrected chi connectivity index (χ1v) is 9.59. The van der Waals surface area contributed by atoms with Gasteiger partial charge in [-0.2, -0.15) is 5.10 Å². The molecule has 0 unspecified atom stereocenters. The van der Waals surface area contributed by atoms with Crippen molar-refractivity contribution >= 4 is 29.2 Å². The Labute approximate surface area is 183 Å². The van der Waals surface area contributed by atoms with E-state index in [2.05, 4.69) is 15.4 Å². The number of esters is 1. The summed E-state index contributed by atoms with van der Waals surface area (Å²) in [6.07, 6.45) is 0. The fraction of sp³-hybridized carbons (Fsp3) is 0.238. The second kappa shape index (κ2) is 9.48. The van der Waals surface area contributed by atoms with Crippen LogP contribution in [0.1, 0.15) is 21.9 Å². The molecule has 0 spiro atoms. The smallest absolute Gasteiger partial charge is 0.359 e. The number of amides is 1. The van der Waals surface area contributed by atoms with Crippen LogP contribution in [0.2, 0.25) is 5.02 Å². The average Bonchev–Trinajstić information content (AvgIpc) is 3.10. The molecule has 10 heteroatoms. The lowest BCUT2D eigenvalue weighted by Gasteiger charge is -2.12. The third kappa shape index (κ3) is 5.13. The maximum atomic E-state index is 12.5. The van der Waals surface area contributed by atoms with Crippen LogP contribution in [0.25, 0.3) is 5.82 Å². The van der Waals surface area contributed by atoms with Gasteiger partial charge in [-0.15, -0.1) is 0 Å². The van der Waals surface area contributed by atoms with E-state index in [1.54, 1.807) is 28.9 Å². The molecule has 0 atom stereocenters. The Morgan fingerprint density at radius 1 is 1.10 bits per heavy atom. The summed E-state index contributed by atoms with van der Waals surface area (Å²) in [5.74, 6) is 0.00745. The number of nitrogens with zero attached hydrogens (tertiary/aromatic N) is 3. The van der Waals surface area contributed by atoms with Crippen molar-refractivity contribution in [3.8, 4) is 17.3 Å². The number of ether oxygens (including phenoxy) is 3. The first-order chi connectivity index (χ1) is 14.8. The number of pyridine rings is 1. The number of methoxy groups -OCH3 is 2. The van der Waals surface area contributed by atoms with Gasteiger partial charge in [-0.05, 0) is 44.2 Å². The van der Waals surface area contributed by atoms with E-state index in [1.165, 1.54) is 20.3 Å². The van der Waals surface area contributed by atoms with E-state index >= 15 is 0 Å². The van der Waals surface area contributed by atoms with E-state index in [9.17, 15) is 9.59 Å². The van der Waals surface area contributed by atoms with Crippen LogP contribution in [0.5, 0.6) is 11.5 Å². The molecule has 2 heterocycles. The maximum Gasteiger partial charge on any atom is 0.359 e. The van der Waals surface area contributed by atoms with Crippen LogP contribution < -0.4 is 14.8 Å². The minimum atomic E-state index is -0.828. The number of benzene rings is 1. The van der Waals surface area contributed by atoms with Gasteiger partial charge in [0.15, 0.2) is 18.1 Å². The zero-order valence-corrected chi connectivity index (χ0v) is 18.2. The largest absolute Gasteiger partial charge is 0.497 e. The molecule has 162 valence electrons. The first kappa shape index (κ1) is 22.1. The van der Waals surface area contributed by atoms with E-state index in [1.807, 2.05) is 19.9 Å². The minimum absolute atomic E-state index is 0.104. The highest BCUT2D eigenvalue weighted by Gasteiger charge is 2.18. The van der Waals surface area contributed by atoms with Crippen LogP contribution in [0.3, 0.4) is 0 Å². The number of hydrogen-bond donors (Lipinski definition) is 1.